The molecule has 1 rings (SSSR count). The number of methoxy groups -OCH3 is 1. The molecule has 0 aliphatic carbocycles. The second-order valence-corrected chi connectivity index (χ2v) is 4.80. The van der Waals surface area contributed by atoms with Crippen LogP contribution in [-0.2, 0) is 16.1 Å². The highest BCUT2D eigenvalue weighted by Gasteiger charge is 2.07. The first-order valence-electron chi connectivity index (χ1n) is 6.41. The molecule has 0 saturated heterocycles. The molecule has 0 amide bonds. The Morgan fingerprint density at radius 3 is 2.44 bits per heavy atom. The van der Waals surface area contributed by atoms with Crippen molar-refractivity contribution in [1.82, 2.24) is 4.90 Å². The lowest BCUT2D eigenvalue weighted by Gasteiger charge is -2.16. The van der Waals surface area contributed by atoms with Crippen LogP contribution < -0.4 is 0 Å². The van der Waals surface area contributed by atoms with Gasteiger partial charge in [0.25, 0.3) is 0 Å². The molecule has 0 spiro atoms. The van der Waals surface area contributed by atoms with Crippen molar-refractivity contribution < 1.29 is 9.53 Å². The number of ether oxygens (including phenoxy) is 1. The molecule has 0 bridgehead atoms. The third-order valence-corrected chi connectivity index (χ3v) is 3.24. The summed E-state index contributed by atoms with van der Waals surface area (Å²) in [5.74, 6) is 0.403. The number of rotatable bonds is 6. The van der Waals surface area contributed by atoms with Gasteiger partial charge in [-0.25, -0.2) is 0 Å². The highest BCUT2D eigenvalue weighted by molar-refractivity contribution is 5.71. The maximum Gasteiger partial charge on any atom is 0.319 e. The molecule has 0 fully saturated rings. The SMILES string of the molecule is CCC(C)c1ccc(CN(C)CC(=O)OC)cc1. The van der Waals surface area contributed by atoms with Crippen LogP contribution in [0.2, 0.25) is 0 Å². The molecule has 1 aromatic rings. The number of nitrogens with zero attached hydrogens (tertiary/aromatic N) is 1. The smallest absolute Gasteiger partial charge is 0.319 e. The Hall–Kier alpha value is -1.35. The molecule has 0 aliphatic rings. The van der Waals surface area contributed by atoms with E-state index in [1.807, 2.05) is 11.9 Å². The Kier molecular flexibility index (Phi) is 5.86. The van der Waals surface area contributed by atoms with E-state index >= 15 is 0 Å². The average molecular weight is 249 g/mol. The Morgan fingerprint density at radius 2 is 1.94 bits per heavy atom. The van der Waals surface area contributed by atoms with Gasteiger partial charge >= 0.3 is 5.97 Å². The van der Waals surface area contributed by atoms with Gasteiger partial charge in [-0.3, -0.25) is 9.69 Å². The van der Waals surface area contributed by atoms with Gasteiger partial charge in [0.1, 0.15) is 0 Å². The number of carbonyl (C=O) groups excluding carboxylic acids is 1. The first-order valence-corrected chi connectivity index (χ1v) is 6.41. The summed E-state index contributed by atoms with van der Waals surface area (Å²) in [6, 6.07) is 8.62. The van der Waals surface area contributed by atoms with E-state index in [-0.39, 0.29) is 5.97 Å². The van der Waals surface area contributed by atoms with Crippen LogP contribution in [0.5, 0.6) is 0 Å². The van der Waals surface area contributed by atoms with Crippen LogP contribution in [0.15, 0.2) is 24.3 Å². The molecule has 18 heavy (non-hydrogen) atoms. The van der Waals surface area contributed by atoms with Gasteiger partial charge in [0.2, 0.25) is 0 Å². The lowest BCUT2D eigenvalue weighted by atomic mass is 9.97. The lowest BCUT2D eigenvalue weighted by molar-refractivity contribution is -0.141. The summed E-state index contributed by atoms with van der Waals surface area (Å²) < 4.78 is 4.64. The summed E-state index contributed by atoms with van der Waals surface area (Å²) in [6.45, 7) is 5.51. The maximum absolute atomic E-state index is 11.1. The molecule has 0 aromatic heterocycles. The topological polar surface area (TPSA) is 29.5 Å². The molecular weight excluding hydrogens is 226 g/mol. The van der Waals surface area contributed by atoms with E-state index in [1.54, 1.807) is 0 Å². The van der Waals surface area contributed by atoms with E-state index in [0.717, 1.165) is 13.0 Å². The van der Waals surface area contributed by atoms with Crippen LogP contribution in [-0.4, -0.2) is 31.6 Å². The normalized spacial score (nSPS) is 12.5. The molecule has 0 heterocycles. The Labute approximate surface area is 110 Å². The van der Waals surface area contributed by atoms with E-state index in [4.69, 9.17) is 0 Å². The molecule has 0 radical (unpaired) electrons. The van der Waals surface area contributed by atoms with Crippen molar-refractivity contribution in [2.45, 2.75) is 32.7 Å². The van der Waals surface area contributed by atoms with Gasteiger partial charge < -0.3 is 4.74 Å². The van der Waals surface area contributed by atoms with E-state index in [2.05, 4.69) is 42.8 Å². The lowest BCUT2D eigenvalue weighted by Crippen LogP contribution is -2.26. The van der Waals surface area contributed by atoms with Crippen molar-refractivity contribution in [3.63, 3.8) is 0 Å². The van der Waals surface area contributed by atoms with Crippen LogP contribution in [0, 0.1) is 0 Å². The highest BCUT2D eigenvalue weighted by Crippen LogP contribution is 2.19. The number of hydrogen-bond acceptors (Lipinski definition) is 3. The number of carbonyl (C=O) groups is 1. The number of hydrogen-bond donors (Lipinski definition) is 0. The van der Waals surface area contributed by atoms with E-state index in [9.17, 15) is 4.79 Å². The molecule has 3 heteroatoms. The number of likely N-dealkylation sites (N-methyl/N-ethyl adjacent to an activating group) is 1. The molecule has 0 N–H and O–H groups in total. The molecule has 1 aromatic carbocycles. The summed E-state index contributed by atoms with van der Waals surface area (Å²) in [7, 11) is 3.33. The fraction of sp³-hybridized carbons (Fsp3) is 0.533. The minimum absolute atomic E-state index is 0.200. The van der Waals surface area contributed by atoms with E-state index in [0.29, 0.717) is 12.5 Å². The zero-order chi connectivity index (χ0) is 13.5. The van der Waals surface area contributed by atoms with Gasteiger partial charge in [-0.05, 0) is 30.5 Å². The summed E-state index contributed by atoms with van der Waals surface area (Å²) in [5, 5.41) is 0. The van der Waals surface area contributed by atoms with Gasteiger partial charge in [-0.15, -0.1) is 0 Å². The highest BCUT2D eigenvalue weighted by atomic mass is 16.5. The molecule has 1 unspecified atom stereocenters. The summed E-state index contributed by atoms with van der Waals surface area (Å²) in [6.07, 6.45) is 1.15. The standard InChI is InChI=1S/C15H23NO2/c1-5-12(2)14-8-6-13(7-9-14)10-16(3)11-15(17)18-4/h6-9,12H,5,10-11H2,1-4H3. The zero-order valence-corrected chi connectivity index (χ0v) is 11.8. The van der Waals surface area contributed by atoms with E-state index in [1.165, 1.54) is 18.2 Å². The monoisotopic (exact) mass is 249 g/mol. The molecule has 0 aliphatic heterocycles. The fourth-order valence-electron chi connectivity index (χ4n) is 1.84. The number of benzene rings is 1. The van der Waals surface area contributed by atoms with Crippen LogP contribution in [0.3, 0.4) is 0 Å². The molecule has 100 valence electrons. The van der Waals surface area contributed by atoms with Gasteiger partial charge in [0.05, 0.1) is 13.7 Å². The third-order valence-electron chi connectivity index (χ3n) is 3.24. The first kappa shape index (κ1) is 14.7. The quantitative estimate of drug-likeness (QED) is 0.726. The molecule has 0 saturated carbocycles. The maximum atomic E-state index is 11.1. The predicted molar refractivity (Wildman–Crippen MR) is 73.5 cm³/mol. The Bertz CT molecular complexity index is 373. The zero-order valence-electron chi connectivity index (χ0n) is 11.8. The average Bonchev–Trinajstić information content (AvgIpc) is 2.38. The minimum Gasteiger partial charge on any atom is -0.468 e. The summed E-state index contributed by atoms with van der Waals surface area (Å²) in [5.41, 5.74) is 2.59. The van der Waals surface area contributed by atoms with Crippen LogP contribution in [0.1, 0.15) is 37.3 Å². The third kappa shape index (κ3) is 4.49. The number of esters is 1. The van der Waals surface area contributed by atoms with Gasteiger partial charge in [0, 0.05) is 6.54 Å². The Balaban J connectivity index is 2.55. The van der Waals surface area contributed by atoms with Crippen LogP contribution in [0.25, 0.3) is 0 Å². The van der Waals surface area contributed by atoms with E-state index < -0.39 is 0 Å². The minimum atomic E-state index is -0.200. The second-order valence-electron chi connectivity index (χ2n) is 4.80. The van der Waals surface area contributed by atoms with Crippen molar-refractivity contribution in [3.05, 3.63) is 35.4 Å². The van der Waals surface area contributed by atoms with Crippen molar-refractivity contribution in [3.8, 4) is 0 Å². The van der Waals surface area contributed by atoms with Crippen molar-refractivity contribution >= 4 is 5.97 Å². The summed E-state index contributed by atoms with van der Waals surface area (Å²) >= 11 is 0. The fourth-order valence-corrected chi connectivity index (χ4v) is 1.84. The van der Waals surface area contributed by atoms with Crippen molar-refractivity contribution in [1.29, 1.82) is 0 Å². The van der Waals surface area contributed by atoms with Crippen molar-refractivity contribution in [2.24, 2.45) is 0 Å². The second kappa shape index (κ2) is 7.17. The predicted octanol–water partition coefficient (Wildman–Crippen LogP) is 2.80. The van der Waals surface area contributed by atoms with Gasteiger partial charge in [-0.1, -0.05) is 38.1 Å². The van der Waals surface area contributed by atoms with Crippen LogP contribution in [0.4, 0.5) is 0 Å². The van der Waals surface area contributed by atoms with Crippen LogP contribution >= 0.6 is 0 Å². The summed E-state index contributed by atoms with van der Waals surface area (Å²) in [4.78, 5) is 13.1. The molecule has 3 nitrogen and oxygen atoms in total. The largest absolute Gasteiger partial charge is 0.468 e. The molecule has 1 atom stereocenters. The van der Waals surface area contributed by atoms with Gasteiger partial charge in [0.15, 0.2) is 0 Å². The van der Waals surface area contributed by atoms with Crippen molar-refractivity contribution in [2.75, 3.05) is 20.7 Å². The molecular formula is C15H23NO2. The van der Waals surface area contributed by atoms with Gasteiger partial charge in [-0.2, -0.15) is 0 Å². The Morgan fingerprint density at radius 1 is 1.33 bits per heavy atom. The first-order chi connectivity index (χ1) is 8.56.